The molecule has 0 aliphatic heterocycles. The Morgan fingerprint density at radius 2 is 1.88 bits per heavy atom. The van der Waals surface area contributed by atoms with E-state index in [9.17, 15) is 18.0 Å². The Morgan fingerprint density at radius 1 is 1.12 bits per heavy atom. The molecule has 25 heavy (non-hydrogen) atoms. The van der Waals surface area contributed by atoms with E-state index in [-0.39, 0.29) is 11.3 Å². The van der Waals surface area contributed by atoms with Crippen LogP contribution in [0.5, 0.6) is 0 Å². The van der Waals surface area contributed by atoms with Gasteiger partial charge in [-0.2, -0.15) is 13.2 Å². The highest BCUT2D eigenvalue weighted by atomic mass is 19.4. The Kier molecular flexibility index (Phi) is 4.51. The minimum atomic E-state index is -4.26. The molecule has 1 N–H and O–H groups in total. The molecule has 8 heteroatoms. The summed E-state index contributed by atoms with van der Waals surface area (Å²) in [6.07, 6.45) is -0.415. The number of pyridine rings is 1. The van der Waals surface area contributed by atoms with Crippen LogP contribution in [0.2, 0.25) is 0 Å². The van der Waals surface area contributed by atoms with Crippen LogP contribution >= 0.6 is 0 Å². The van der Waals surface area contributed by atoms with Gasteiger partial charge < -0.3 is 5.32 Å². The second-order valence-corrected chi connectivity index (χ2v) is 5.29. The van der Waals surface area contributed by atoms with Crippen molar-refractivity contribution in [2.75, 3.05) is 5.32 Å². The summed E-state index contributed by atoms with van der Waals surface area (Å²) >= 11 is 0. The van der Waals surface area contributed by atoms with Crippen molar-refractivity contribution in [1.29, 1.82) is 0 Å². The summed E-state index contributed by atoms with van der Waals surface area (Å²) in [5, 5.41) is 2.61. The maximum absolute atomic E-state index is 12.3. The highest BCUT2D eigenvalue weighted by Gasteiger charge is 2.27. The van der Waals surface area contributed by atoms with Gasteiger partial charge >= 0.3 is 6.18 Å². The van der Waals surface area contributed by atoms with Crippen LogP contribution in [0.3, 0.4) is 0 Å². The number of benzene rings is 1. The number of imidazole rings is 1. The molecular weight excluding hydrogens is 333 g/mol. The number of anilines is 1. The molecule has 0 saturated heterocycles. The molecule has 0 fully saturated rings. The van der Waals surface area contributed by atoms with Crippen LogP contribution in [0.1, 0.15) is 16.1 Å². The van der Waals surface area contributed by atoms with E-state index in [1.807, 2.05) is 0 Å². The second kappa shape index (κ2) is 6.76. The molecular formula is C17H13F3N4O. The van der Waals surface area contributed by atoms with Crippen molar-refractivity contribution in [3.05, 3.63) is 72.4 Å². The minimum Gasteiger partial charge on any atom is -0.321 e. The second-order valence-electron chi connectivity index (χ2n) is 5.29. The van der Waals surface area contributed by atoms with Crippen molar-refractivity contribution >= 4 is 11.6 Å². The van der Waals surface area contributed by atoms with E-state index in [0.29, 0.717) is 11.5 Å². The summed E-state index contributed by atoms with van der Waals surface area (Å²) in [5.41, 5.74) is 0.710. The lowest BCUT2D eigenvalue weighted by Crippen LogP contribution is -2.15. The van der Waals surface area contributed by atoms with E-state index in [1.54, 1.807) is 41.5 Å². The van der Waals surface area contributed by atoms with Crippen LogP contribution in [0.15, 0.2) is 61.2 Å². The summed E-state index contributed by atoms with van der Waals surface area (Å²) in [6.45, 7) is 0. The third kappa shape index (κ3) is 4.43. The Hall–Kier alpha value is -3.16. The van der Waals surface area contributed by atoms with Crippen molar-refractivity contribution in [1.82, 2.24) is 14.5 Å². The van der Waals surface area contributed by atoms with Gasteiger partial charge in [0.15, 0.2) is 0 Å². The predicted molar refractivity (Wildman–Crippen MR) is 85.5 cm³/mol. The highest BCUT2D eigenvalue weighted by molar-refractivity contribution is 6.02. The molecule has 0 unspecified atom stereocenters. The average Bonchev–Trinajstić information content (AvgIpc) is 3.10. The number of alkyl halides is 3. The van der Waals surface area contributed by atoms with Gasteiger partial charge in [-0.1, -0.05) is 18.2 Å². The molecule has 1 amide bonds. The first-order valence-corrected chi connectivity index (χ1v) is 7.33. The van der Waals surface area contributed by atoms with Crippen LogP contribution < -0.4 is 5.32 Å². The fraction of sp³-hybridized carbons (Fsp3) is 0.118. The molecule has 2 heterocycles. The van der Waals surface area contributed by atoms with Crippen molar-refractivity contribution < 1.29 is 18.0 Å². The highest BCUT2D eigenvalue weighted by Crippen LogP contribution is 2.22. The average molecular weight is 346 g/mol. The largest absolute Gasteiger partial charge is 0.393 e. The third-order valence-electron chi connectivity index (χ3n) is 3.35. The maximum Gasteiger partial charge on any atom is 0.393 e. The maximum atomic E-state index is 12.3. The van der Waals surface area contributed by atoms with Gasteiger partial charge in [-0.15, -0.1) is 0 Å². The van der Waals surface area contributed by atoms with Crippen LogP contribution in [-0.4, -0.2) is 26.6 Å². The van der Waals surface area contributed by atoms with Gasteiger partial charge in [0.25, 0.3) is 5.91 Å². The molecule has 2 aromatic heterocycles. The summed E-state index contributed by atoms with van der Waals surface area (Å²) in [5.74, 6) is 0.0798. The number of hydrogen-bond donors (Lipinski definition) is 1. The van der Waals surface area contributed by atoms with Gasteiger partial charge in [-0.25, -0.2) is 9.97 Å². The van der Waals surface area contributed by atoms with Gasteiger partial charge in [0.2, 0.25) is 0 Å². The zero-order chi connectivity index (χ0) is 17.9. The Labute approximate surface area is 141 Å². The number of carbonyl (C=O) groups is 1. The number of halogens is 3. The van der Waals surface area contributed by atoms with E-state index < -0.39 is 18.5 Å². The quantitative estimate of drug-likeness (QED) is 0.785. The Balaban J connectivity index is 1.71. The van der Waals surface area contributed by atoms with Gasteiger partial charge in [-0.3, -0.25) is 9.36 Å². The number of hydrogen-bond acceptors (Lipinski definition) is 3. The fourth-order valence-electron chi connectivity index (χ4n) is 2.22. The molecule has 0 atom stereocenters. The number of nitrogens with one attached hydrogen (secondary N) is 1. The fourth-order valence-corrected chi connectivity index (χ4v) is 2.22. The SMILES string of the molecule is O=C(Nc1ccc(CC(F)(F)F)cc1)c1cccc(-n2ccnc2)n1. The zero-order valence-corrected chi connectivity index (χ0v) is 12.9. The molecule has 3 rings (SSSR count). The first-order chi connectivity index (χ1) is 11.9. The predicted octanol–water partition coefficient (Wildman–Crippen LogP) is 3.62. The number of carbonyl (C=O) groups excluding carboxylic acids is 1. The molecule has 3 aromatic rings. The molecule has 1 aromatic carbocycles. The first-order valence-electron chi connectivity index (χ1n) is 7.33. The topological polar surface area (TPSA) is 59.8 Å². The van der Waals surface area contributed by atoms with Crippen molar-refractivity contribution in [2.45, 2.75) is 12.6 Å². The van der Waals surface area contributed by atoms with Crippen molar-refractivity contribution in [2.24, 2.45) is 0 Å². The normalized spacial score (nSPS) is 11.3. The lowest BCUT2D eigenvalue weighted by Gasteiger charge is -2.09. The van der Waals surface area contributed by atoms with Gasteiger partial charge in [0.1, 0.15) is 17.8 Å². The zero-order valence-electron chi connectivity index (χ0n) is 12.9. The first kappa shape index (κ1) is 16.7. The third-order valence-corrected chi connectivity index (χ3v) is 3.35. The summed E-state index contributed by atoms with van der Waals surface area (Å²) in [6, 6.07) is 10.5. The van der Waals surface area contributed by atoms with Gasteiger partial charge in [-0.05, 0) is 29.8 Å². The summed E-state index contributed by atoms with van der Waals surface area (Å²) in [7, 11) is 0. The van der Waals surface area contributed by atoms with Crippen molar-refractivity contribution in [3.8, 4) is 5.82 Å². The molecule has 0 bridgehead atoms. The minimum absolute atomic E-state index is 0.130. The number of rotatable bonds is 4. The summed E-state index contributed by atoms with van der Waals surface area (Å²) < 4.78 is 38.7. The van der Waals surface area contributed by atoms with E-state index in [2.05, 4.69) is 15.3 Å². The van der Waals surface area contributed by atoms with Gasteiger partial charge in [0.05, 0.1) is 6.42 Å². The van der Waals surface area contributed by atoms with E-state index in [1.165, 1.54) is 24.3 Å². The number of aromatic nitrogens is 3. The van der Waals surface area contributed by atoms with Gasteiger partial charge in [0, 0.05) is 18.1 Å². The molecule has 5 nitrogen and oxygen atoms in total. The monoisotopic (exact) mass is 346 g/mol. The smallest absolute Gasteiger partial charge is 0.321 e. The van der Waals surface area contributed by atoms with Crippen molar-refractivity contribution in [3.63, 3.8) is 0 Å². The Bertz CT molecular complexity index is 858. The summed E-state index contributed by atoms with van der Waals surface area (Å²) in [4.78, 5) is 20.4. The van der Waals surface area contributed by atoms with Crippen LogP contribution in [0.4, 0.5) is 18.9 Å². The number of nitrogens with zero attached hydrogens (tertiary/aromatic N) is 3. The molecule has 0 aliphatic rings. The van der Waals surface area contributed by atoms with E-state index in [4.69, 9.17) is 0 Å². The molecule has 0 saturated carbocycles. The van der Waals surface area contributed by atoms with E-state index >= 15 is 0 Å². The molecule has 0 aliphatic carbocycles. The molecule has 0 radical (unpaired) electrons. The van der Waals surface area contributed by atoms with Crippen LogP contribution in [0.25, 0.3) is 5.82 Å². The van der Waals surface area contributed by atoms with Crippen LogP contribution in [0, 0.1) is 0 Å². The lowest BCUT2D eigenvalue weighted by atomic mass is 10.1. The number of amides is 1. The molecule has 0 spiro atoms. The lowest BCUT2D eigenvalue weighted by molar-refractivity contribution is -0.127. The Morgan fingerprint density at radius 3 is 2.52 bits per heavy atom. The molecule has 128 valence electrons. The standard InChI is InChI=1S/C17H13F3N4O/c18-17(19,20)10-12-4-6-13(7-5-12)22-16(25)14-2-1-3-15(23-14)24-9-8-21-11-24/h1-9,11H,10H2,(H,22,25). The van der Waals surface area contributed by atoms with Crippen LogP contribution in [-0.2, 0) is 6.42 Å². The van der Waals surface area contributed by atoms with E-state index in [0.717, 1.165) is 0 Å².